The predicted molar refractivity (Wildman–Crippen MR) is 92.3 cm³/mol. The van der Waals surface area contributed by atoms with E-state index in [-0.39, 0.29) is 5.91 Å². The minimum absolute atomic E-state index is 0.0735. The third-order valence-corrected chi connectivity index (χ3v) is 3.80. The zero-order chi connectivity index (χ0) is 16.9. The zero-order valence-electron chi connectivity index (χ0n) is 13.7. The molecule has 0 saturated carbocycles. The number of amides is 1. The standard InChI is InChI=1S/C18H19N5O/c1-3-17(24)23(12-14-7-4-6-13(2)10-14)16-9-5-8-15(11-16)18-19-21-22-20-18/h4-11H,3,12H2,1-2H3,(H,19,20,21,22). The van der Waals surface area contributed by atoms with Gasteiger partial charge in [0.15, 0.2) is 5.82 Å². The molecule has 1 heterocycles. The van der Waals surface area contributed by atoms with Gasteiger partial charge in [0.2, 0.25) is 5.91 Å². The molecule has 0 unspecified atom stereocenters. The van der Waals surface area contributed by atoms with Crippen molar-refractivity contribution in [3.05, 3.63) is 59.7 Å². The van der Waals surface area contributed by atoms with Gasteiger partial charge in [-0.2, -0.15) is 0 Å². The lowest BCUT2D eigenvalue weighted by Crippen LogP contribution is -2.29. The molecule has 6 heteroatoms. The Bertz CT molecular complexity index is 829. The number of benzene rings is 2. The lowest BCUT2D eigenvalue weighted by molar-refractivity contribution is -0.118. The first kappa shape index (κ1) is 15.9. The largest absolute Gasteiger partial charge is 0.308 e. The average Bonchev–Trinajstić information content (AvgIpc) is 3.14. The molecule has 122 valence electrons. The molecule has 24 heavy (non-hydrogen) atoms. The monoisotopic (exact) mass is 321 g/mol. The molecule has 6 nitrogen and oxygen atoms in total. The van der Waals surface area contributed by atoms with Crippen molar-refractivity contribution in [1.82, 2.24) is 20.6 Å². The van der Waals surface area contributed by atoms with E-state index in [9.17, 15) is 4.79 Å². The SMILES string of the molecule is CCC(=O)N(Cc1cccc(C)c1)c1cccc(-c2nnn[nH]2)c1. The van der Waals surface area contributed by atoms with Crippen molar-refractivity contribution in [1.29, 1.82) is 0 Å². The second-order valence-electron chi connectivity index (χ2n) is 5.62. The van der Waals surface area contributed by atoms with E-state index in [0.29, 0.717) is 18.8 Å². The van der Waals surface area contributed by atoms with Gasteiger partial charge in [0, 0.05) is 17.7 Å². The summed E-state index contributed by atoms with van der Waals surface area (Å²) in [6, 6.07) is 15.9. The van der Waals surface area contributed by atoms with E-state index < -0.39 is 0 Å². The fourth-order valence-electron chi connectivity index (χ4n) is 2.61. The van der Waals surface area contributed by atoms with Crippen molar-refractivity contribution in [2.75, 3.05) is 4.90 Å². The summed E-state index contributed by atoms with van der Waals surface area (Å²) in [5.41, 5.74) is 3.95. The van der Waals surface area contributed by atoms with E-state index in [2.05, 4.69) is 26.7 Å². The van der Waals surface area contributed by atoms with E-state index in [0.717, 1.165) is 16.8 Å². The van der Waals surface area contributed by atoms with E-state index in [1.165, 1.54) is 5.56 Å². The number of H-pyrrole nitrogens is 1. The molecule has 0 spiro atoms. The van der Waals surface area contributed by atoms with Crippen LogP contribution in [0, 0.1) is 6.92 Å². The minimum Gasteiger partial charge on any atom is -0.308 e. The van der Waals surface area contributed by atoms with Crippen molar-refractivity contribution in [2.24, 2.45) is 0 Å². The maximum Gasteiger partial charge on any atom is 0.227 e. The Labute approximate surface area is 140 Å². The van der Waals surface area contributed by atoms with Gasteiger partial charge in [-0.05, 0) is 35.0 Å². The van der Waals surface area contributed by atoms with E-state index >= 15 is 0 Å². The summed E-state index contributed by atoms with van der Waals surface area (Å²) in [4.78, 5) is 14.3. The number of rotatable bonds is 5. The Kier molecular flexibility index (Phi) is 4.65. The summed E-state index contributed by atoms with van der Waals surface area (Å²) in [5, 5.41) is 13.9. The van der Waals surface area contributed by atoms with Crippen molar-refractivity contribution in [2.45, 2.75) is 26.8 Å². The van der Waals surface area contributed by atoms with Crippen molar-refractivity contribution >= 4 is 11.6 Å². The molecule has 1 N–H and O–H groups in total. The van der Waals surface area contributed by atoms with Gasteiger partial charge < -0.3 is 4.90 Å². The number of tetrazole rings is 1. The fourth-order valence-corrected chi connectivity index (χ4v) is 2.61. The maximum absolute atomic E-state index is 12.5. The third-order valence-electron chi connectivity index (χ3n) is 3.80. The lowest BCUT2D eigenvalue weighted by atomic mass is 10.1. The van der Waals surface area contributed by atoms with Gasteiger partial charge in [0.05, 0.1) is 6.54 Å². The van der Waals surface area contributed by atoms with E-state index in [1.807, 2.05) is 56.3 Å². The number of nitrogens with one attached hydrogen (secondary N) is 1. The molecule has 0 aliphatic rings. The smallest absolute Gasteiger partial charge is 0.227 e. The molecule has 1 amide bonds. The number of hydrogen-bond acceptors (Lipinski definition) is 4. The van der Waals surface area contributed by atoms with Crippen LogP contribution >= 0.6 is 0 Å². The van der Waals surface area contributed by atoms with Crippen molar-refractivity contribution in [3.8, 4) is 11.4 Å². The molecular weight excluding hydrogens is 302 g/mol. The molecule has 2 aromatic carbocycles. The van der Waals surface area contributed by atoms with Crippen LogP contribution in [-0.2, 0) is 11.3 Å². The van der Waals surface area contributed by atoms with Crippen LogP contribution in [0.3, 0.4) is 0 Å². The first-order chi connectivity index (χ1) is 11.7. The molecule has 0 atom stereocenters. The highest BCUT2D eigenvalue weighted by Gasteiger charge is 2.16. The van der Waals surface area contributed by atoms with Gasteiger partial charge in [-0.1, -0.05) is 48.9 Å². The molecule has 0 aliphatic heterocycles. The summed E-state index contributed by atoms with van der Waals surface area (Å²) in [6.45, 7) is 4.45. The van der Waals surface area contributed by atoms with Gasteiger partial charge in [-0.15, -0.1) is 5.10 Å². The number of aryl methyl sites for hydroxylation is 1. The van der Waals surface area contributed by atoms with E-state index in [4.69, 9.17) is 0 Å². The maximum atomic E-state index is 12.5. The second kappa shape index (κ2) is 7.04. The quantitative estimate of drug-likeness (QED) is 0.783. The number of carbonyl (C=O) groups is 1. The molecule has 0 saturated heterocycles. The van der Waals surface area contributed by atoms with Crippen LogP contribution in [-0.4, -0.2) is 26.5 Å². The van der Waals surface area contributed by atoms with Gasteiger partial charge in [0.1, 0.15) is 0 Å². The van der Waals surface area contributed by atoms with Crippen LogP contribution in [0.1, 0.15) is 24.5 Å². The Hall–Kier alpha value is -3.02. The van der Waals surface area contributed by atoms with Gasteiger partial charge in [-0.3, -0.25) is 4.79 Å². The van der Waals surface area contributed by atoms with Gasteiger partial charge >= 0.3 is 0 Å². The Balaban J connectivity index is 1.94. The van der Waals surface area contributed by atoms with Gasteiger partial charge in [-0.25, -0.2) is 5.10 Å². The molecular formula is C18H19N5O. The van der Waals surface area contributed by atoms with Crippen LogP contribution in [0.2, 0.25) is 0 Å². The molecule has 0 fully saturated rings. The van der Waals surface area contributed by atoms with Crippen molar-refractivity contribution < 1.29 is 4.79 Å². The van der Waals surface area contributed by atoms with Gasteiger partial charge in [0.25, 0.3) is 0 Å². The highest BCUT2D eigenvalue weighted by atomic mass is 16.2. The molecule has 0 aliphatic carbocycles. The average molecular weight is 321 g/mol. The topological polar surface area (TPSA) is 74.8 Å². The number of aromatic nitrogens is 4. The Morgan fingerprint density at radius 3 is 2.71 bits per heavy atom. The molecule has 0 radical (unpaired) electrons. The van der Waals surface area contributed by atoms with Crippen LogP contribution in [0.4, 0.5) is 5.69 Å². The van der Waals surface area contributed by atoms with Crippen molar-refractivity contribution in [3.63, 3.8) is 0 Å². The molecule has 1 aromatic heterocycles. The molecule has 3 rings (SSSR count). The molecule has 3 aromatic rings. The number of aromatic amines is 1. The fraction of sp³-hybridized carbons (Fsp3) is 0.222. The van der Waals surface area contributed by atoms with Crippen LogP contribution < -0.4 is 4.90 Å². The summed E-state index contributed by atoms with van der Waals surface area (Å²) < 4.78 is 0. The van der Waals surface area contributed by atoms with Crippen LogP contribution in [0.25, 0.3) is 11.4 Å². The summed E-state index contributed by atoms with van der Waals surface area (Å²) in [7, 11) is 0. The highest BCUT2D eigenvalue weighted by Crippen LogP contribution is 2.24. The van der Waals surface area contributed by atoms with Crippen LogP contribution in [0.15, 0.2) is 48.5 Å². The third kappa shape index (κ3) is 3.48. The number of nitrogens with zero attached hydrogens (tertiary/aromatic N) is 4. The number of hydrogen-bond donors (Lipinski definition) is 1. The number of carbonyl (C=O) groups excluding carboxylic acids is 1. The first-order valence-corrected chi connectivity index (χ1v) is 7.87. The Morgan fingerprint density at radius 2 is 2.00 bits per heavy atom. The Morgan fingerprint density at radius 1 is 1.17 bits per heavy atom. The minimum atomic E-state index is 0.0735. The predicted octanol–water partition coefficient (Wildman–Crippen LogP) is 3.12. The highest BCUT2D eigenvalue weighted by molar-refractivity contribution is 5.93. The normalized spacial score (nSPS) is 10.6. The summed E-state index contributed by atoms with van der Waals surface area (Å²) in [6.07, 6.45) is 0.444. The number of anilines is 1. The first-order valence-electron chi connectivity index (χ1n) is 7.87. The van der Waals surface area contributed by atoms with Crippen LogP contribution in [0.5, 0.6) is 0 Å². The molecule has 0 bridgehead atoms. The second-order valence-corrected chi connectivity index (χ2v) is 5.62. The summed E-state index contributed by atoms with van der Waals surface area (Å²) in [5.74, 6) is 0.653. The summed E-state index contributed by atoms with van der Waals surface area (Å²) >= 11 is 0. The zero-order valence-corrected chi connectivity index (χ0v) is 13.7. The lowest BCUT2D eigenvalue weighted by Gasteiger charge is -2.23. The van der Waals surface area contributed by atoms with E-state index in [1.54, 1.807) is 4.90 Å².